The van der Waals surface area contributed by atoms with Crippen molar-refractivity contribution >= 4 is 11.8 Å². The van der Waals surface area contributed by atoms with Gasteiger partial charge in [-0.1, -0.05) is 37.6 Å². The number of carbonyl (C=O) groups excluding carboxylic acids is 2. The summed E-state index contributed by atoms with van der Waals surface area (Å²) < 4.78 is 5.12. The van der Waals surface area contributed by atoms with Crippen LogP contribution in [-0.2, 0) is 20.7 Å². The smallest absolute Gasteiger partial charge is 0.249 e. The lowest BCUT2D eigenvalue weighted by Gasteiger charge is -2.38. The molecule has 1 heterocycles. The summed E-state index contributed by atoms with van der Waals surface area (Å²) in [4.78, 5) is 28.9. The highest BCUT2D eigenvalue weighted by Crippen LogP contribution is 2.31. The van der Waals surface area contributed by atoms with Crippen molar-refractivity contribution in [2.75, 3.05) is 33.9 Å². The lowest BCUT2D eigenvalue weighted by molar-refractivity contribution is -0.147. The number of benzene rings is 1. The second kappa shape index (κ2) is 8.11. The third kappa shape index (κ3) is 3.91. The molecule has 1 unspecified atom stereocenters. The number of hydrogen-bond donors (Lipinski definition) is 0. The summed E-state index contributed by atoms with van der Waals surface area (Å²) in [5.41, 5.74) is 1.89. The van der Waals surface area contributed by atoms with Crippen LogP contribution in [0.2, 0.25) is 0 Å². The summed E-state index contributed by atoms with van der Waals surface area (Å²) in [6.45, 7) is 3.67. The molecule has 5 heteroatoms. The fourth-order valence-electron chi connectivity index (χ4n) is 2.96. The molecule has 1 atom stereocenters. The third-order valence-corrected chi connectivity index (χ3v) is 4.32. The van der Waals surface area contributed by atoms with Crippen LogP contribution in [0.15, 0.2) is 24.3 Å². The van der Waals surface area contributed by atoms with Crippen LogP contribution in [0.3, 0.4) is 0 Å². The molecule has 1 aliphatic heterocycles. The number of fused-ring (bicyclic) bond motifs is 1. The van der Waals surface area contributed by atoms with E-state index in [1.807, 2.05) is 31.3 Å². The average molecular weight is 318 g/mol. The van der Waals surface area contributed by atoms with Gasteiger partial charge in [0.1, 0.15) is 6.04 Å². The van der Waals surface area contributed by atoms with Gasteiger partial charge in [-0.2, -0.15) is 0 Å². The van der Waals surface area contributed by atoms with Crippen LogP contribution >= 0.6 is 0 Å². The normalized spacial score (nSPS) is 17.1. The van der Waals surface area contributed by atoms with E-state index < -0.39 is 6.04 Å². The number of rotatable bonds is 7. The van der Waals surface area contributed by atoms with Gasteiger partial charge < -0.3 is 14.5 Å². The first-order valence-electron chi connectivity index (χ1n) is 8.21. The van der Waals surface area contributed by atoms with Gasteiger partial charge in [-0.05, 0) is 17.5 Å². The Labute approximate surface area is 138 Å². The Morgan fingerprint density at radius 1 is 1.39 bits per heavy atom. The second-order valence-electron chi connectivity index (χ2n) is 5.97. The predicted octanol–water partition coefficient (Wildman–Crippen LogP) is 2.02. The van der Waals surface area contributed by atoms with Gasteiger partial charge in [0, 0.05) is 27.2 Å². The van der Waals surface area contributed by atoms with Gasteiger partial charge in [-0.3, -0.25) is 9.59 Å². The van der Waals surface area contributed by atoms with Gasteiger partial charge in [0.2, 0.25) is 11.8 Å². The molecule has 1 aliphatic rings. The summed E-state index contributed by atoms with van der Waals surface area (Å²) in [5.74, 6) is -0.0296. The number of amides is 2. The number of methoxy groups -OCH3 is 1. The van der Waals surface area contributed by atoms with E-state index in [0.29, 0.717) is 26.1 Å². The van der Waals surface area contributed by atoms with Crippen molar-refractivity contribution in [1.29, 1.82) is 0 Å². The van der Waals surface area contributed by atoms with Crippen molar-refractivity contribution in [2.24, 2.45) is 0 Å². The van der Waals surface area contributed by atoms with Crippen LogP contribution in [-0.4, -0.2) is 55.5 Å². The molecule has 5 nitrogen and oxygen atoms in total. The van der Waals surface area contributed by atoms with Gasteiger partial charge in [0.05, 0.1) is 13.0 Å². The van der Waals surface area contributed by atoms with E-state index in [1.54, 1.807) is 16.9 Å². The van der Waals surface area contributed by atoms with Crippen molar-refractivity contribution in [3.8, 4) is 0 Å². The monoisotopic (exact) mass is 318 g/mol. The van der Waals surface area contributed by atoms with E-state index >= 15 is 0 Å². The summed E-state index contributed by atoms with van der Waals surface area (Å²) in [6.07, 6.45) is 2.34. The van der Waals surface area contributed by atoms with Gasteiger partial charge in [0.25, 0.3) is 0 Å². The SMILES string of the molecule is CCCCN(C)C(=O)C1c2ccccc2CC(=O)N1CCOC. The lowest BCUT2D eigenvalue weighted by Crippen LogP contribution is -2.49. The average Bonchev–Trinajstić information content (AvgIpc) is 2.56. The molecule has 1 aromatic rings. The highest BCUT2D eigenvalue weighted by atomic mass is 16.5. The number of unbranched alkanes of at least 4 members (excludes halogenated alkanes) is 1. The van der Waals surface area contributed by atoms with Crippen molar-refractivity contribution in [2.45, 2.75) is 32.2 Å². The molecule has 0 N–H and O–H groups in total. The minimum absolute atomic E-state index is 0.0111. The minimum Gasteiger partial charge on any atom is -0.383 e. The molecular weight excluding hydrogens is 292 g/mol. The van der Waals surface area contributed by atoms with Crippen molar-refractivity contribution in [1.82, 2.24) is 9.80 Å². The Hall–Kier alpha value is -1.88. The zero-order chi connectivity index (χ0) is 16.8. The van der Waals surface area contributed by atoms with E-state index in [9.17, 15) is 9.59 Å². The Balaban J connectivity index is 2.32. The van der Waals surface area contributed by atoms with Crippen LogP contribution in [0, 0.1) is 0 Å². The first kappa shape index (κ1) is 17.5. The van der Waals surface area contributed by atoms with Crippen LogP contribution in [0.1, 0.15) is 36.9 Å². The molecule has 2 rings (SSSR count). The molecule has 2 amide bonds. The number of hydrogen-bond acceptors (Lipinski definition) is 3. The molecule has 0 spiro atoms. The molecule has 0 aromatic heterocycles. The minimum atomic E-state index is -0.538. The number of carbonyl (C=O) groups is 2. The molecule has 126 valence electrons. The van der Waals surface area contributed by atoms with E-state index in [1.165, 1.54) is 0 Å². The molecule has 23 heavy (non-hydrogen) atoms. The van der Waals surface area contributed by atoms with Crippen molar-refractivity contribution < 1.29 is 14.3 Å². The standard InChI is InChI=1S/C18H26N2O3/c1-4-5-10-19(2)18(22)17-15-9-7-6-8-14(15)13-16(21)20(17)11-12-23-3/h6-9,17H,4-5,10-13H2,1-3H3. The first-order valence-corrected chi connectivity index (χ1v) is 8.21. The fraction of sp³-hybridized carbons (Fsp3) is 0.556. The van der Waals surface area contributed by atoms with Gasteiger partial charge >= 0.3 is 0 Å². The van der Waals surface area contributed by atoms with Crippen molar-refractivity contribution in [3.05, 3.63) is 35.4 Å². The largest absolute Gasteiger partial charge is 0.383 e. The van der Waals surface area contributed by atoms with Crippen LogP contribution in [0.4, 0.5) is 0 Å². The molecule has 0 radical (unpaired) electrons. The molecule has 0 bridgehead atoms. The van der Waals surface area contributed by atoms with Crippen LogP contribution in [0.25, 0.3) is 0 Å². The van der Waals surface area contributed by atoms with Gasteiger partial charge in [-0.25, -0.2) is 0 Å². The maximum absolute atomic E-state index is 13.0. The Bertz CT molecular complexity index is 559. The van der Waals surface area contributed by atoms with E-state index in [2.05, 4.69) is 6.92 Å². The van der Waals surface area contributed by atoms with Gasteiger partial charge in [0.15, 0.2) is 0 Å². The number of nitrogens with zero attached hydrogens (tertiary/aromatic N) is 2. The molecule has 1 aromatic carbocycles. The summed E-state index contributed by atoms with van der Waals surface area (Å²) in [6, 6.07) is 7.20. The zero-order valence-electron chi connectivity index (χ0n) is 14.2. The molecule has 0 saturated heterocycles. The predicted molar refractivity (Wildman–Crippen MR) is 89.0 cm³/mol. The summed E-state index contributed by atoms with van der Waals surface area (Å²) >= 11 is 0. The Morgan fingerprint density at radius 3 is 2.83 bits per heavy atom. The Kier molecular flexibility index (Phi) is 6.16. The molecular formula is C18H26N2O3. The van der Waals surface area contributed by atoms with E-state index in [4.69, 9.17) is 4.74 Å². The van der Waals surface area contributed by atoms with Crippen LogP contribution in [0.5, 0.6) is 0 Å². The topological polar surface area (TPSA) is 49.9 Å². The van der Waals surface area contributed by atoms with E-state index in [-0.39, 0.29) is 11.8 Å². The third-order valence-electron chi connectivity index (χ3n) is 4.32. The quantitative estimate of drug-likeness (QED) is 0.773. The number of likely N-dealkylation sites (N-methyl/N-ethyl adjacent to an activating group) is 1. The number of ether oxygens (including phenoxy) is 1. The second-order valence-corrected chi connectivity index (χ2v) is 5.97. The molecule has 0 fully saturated rings. The highest BCUT2D eigenvalue weighted by molar-refractivity contribution is 5.92. The van der Waals surface area contributed by atoms with Crippen LogP contribution < -0.4 is 0 Å². The Morgan fingerprint density at radius 2 is 2.13 bits per heavy atom. The lowest BCUT2D eigenvalue weighted by atomic mass is 9.91. The maximum Gasteiger partial charge on any atom is 0.249 e. The maximum atomic E-state index is 13.0. The van der Waals surface area contributed by atoms with Gasteiger partial charge in [-0.15, -0.1) is 0 Å². The summed E-state index contributed by atoms with van der Waals surface area (Å²) in [5, 5.41) is 0. The highest BCUT2D eigenvalue weighted by Gasteiger charge is 2.37. The first-order chi connectivity index (χ1) is 11.1. The van der Waals surface area contributed by atoms with Crippen molar-refractivity contribution in [3.63, 3.8) is 0 Å². The summed E-state index contributed by atoms with van der Waals surface area (Å²) in [7, 11) is 3.42. The van der Waals surface area contributed by atoms with E-state index in [0.717, 1.165) is 24.0 Å². The zero-order valence-corrected chi connectivity index (χ0v) is 14.2. The molecule has 0 saturated carbocycles. The molecule has 0 aliphatic carbocycles. The fourth-order valence-corrected chi connectivity index (χ4v) is 2.96.